The van der Waals surface area contributed by atoms with Crippen molar-refractivity contribution in [1.29, 1.82) is 0 Å². The summed E-state index contributed by atoms with van der Waals surface area (Å²) in [6.45, 7) is 4.33. The summed E-state index contributed by atoms with van der Waals surface area (Å²) < 4.78 is 22.8. The van der Waals surface area contributed by atoms with Gasteiger partial charge in [-0.25, -0.2) is 0 Å². The standard InChI is InChI=1S/C35H61N2O6P/c1-6-8-10-12-14-15-16-17-18-19-20-21-23-25-27-29-35(39)36-33(34(38)28-26-24-22-13-11-9-7-2)32-43-44(40,41)42-31-30-37(3,4)5/h8,10,14-15,17-18,20-21,25-28,33-34,38H,6-7,9,11-13,16,19,22-24,29-32H2,1-5H3,(H-,36,39,40,41)/b10-8-,15-14-,18-17-,21-20-,27-25-,28-26+. The number of phosphoric acid groups is 1. The number of unbranched alkanes of at least 4 members (excludes halogenated alkanes) is 5. The van der Waals surface area contributed by atoms with Crippen molar-refractivity contribution in [2.24, 2.45) is 0 Å². The van der Waals surface area contributed by atoms with Gasteiger partial charge in [0.2, 0.25) is 5.91 Å². The first-order valence-corrected chi connectivity index (χ1v) is 17.8. The number of quaternary nitrogens is 1. The monoisotopic (exact) mass is 636 g/mol. The van der Waals surface area contributed by atoms with E-state index in [1.54, 1.807) is 12.2 Å². The number of aliphatic hydroxyl groups excluding tert-OH is 1. The van der Waals surface area contributed by atoms with Gasteiger partial charge >= 0.3 is 0 Å². The maximum absolute atomic E-state index is 12.6. The van der Waals surface area contributed by atoms with Crippen molar-refractivity contribution in [2.75, 3.05) is 40.9 Å². The highest BCUT2D eigenvalue weighted by molar-refractivity contribution is 7.45. The number of rotatable bonds is 27. The SMILES string of the molecule is CC/C=C\C/C=C\C/C=C\C/C=C\C/C=C\CC(=O)NC(COP(=O)([O-])OCC[N+](C)(C)C)C(O)/C=C/CCCCCCC. The second kappa shape index (κ2) is 27.3. The molecule has 1 amide bonds. The lowest BCUT2D eigenvalue weighted by molar-refractivity contribution is -0.870. The molecule has 0 fully saturated rings. The largest absolute Gasteiger partial charge is 0.756 e. The summed E-state index contributed by atoms with van der Waals surface area (Å²) in [5, 5.41) is 13.4. The van der Waals surface area contributed by atoms with Crippen molar-refractivity contribution in [3.8, 4) is 0 Å². The van der Waals surface area contributed by atoms with Crippen LogP contribution in [0.25, 0.3) is 0 Å². The van der Waals surface area contributed by atoms with Gasteiger partial charge in [-0.15, -0.1) is 0 Å². The highest BCUT2D eigenvalue weighted by atomic mass is 31.2. The second-order valence-corrected chi connectivity index (χ2v) is 13.2. The molecule has 0 aliphatic rings. The molecule has 2 N–H and O–H groups in total. The number of hydrogen-bond donors (Lipinski definition) is 2. The predicted octanol–water partition coefficient (Wildman–Crippen LogP) is 7.10. The Bertz CT molecular complexity index is 949. The Balaban J connectivity index is 4.75. The molecule has 9 heteroatoms. The van der Waals surface area contributed by atoms with Crippen LogP contribution in [0.1, 0.15) is 90.9 Å². The summed E-state index contributed by atoms with van der Waals surface area (Å²) in [5.41, 5.74) is 0. The van der Waals surface area contributed by atoms with Gasteiger partial charge in [-0.1, -0.05) is 112 Å². The number of likely N-dealkylation sites (N-methyl/N-ethyl adjacent to an activating group) is 1. The lowest BCUT2D eigenvalue weighted by Gasteiger charge is -2.29. The number of hydrogen-bond acceptors (Lipinski definition) is 6. The Morgan fingerprint density at radius 3 is 1.91 bits per heavy atom. The van der Waals surface area contributed by atoms with Gasteiger partial charge in [0.25, 0.3) is 7.82 Å². The first-order valence-electron chi connectivity index (χ1n) is 16.3. The molecule has 3 unspecified atom stereocenters. The lowest BCUT2D eigenvalue weighted by Crippen LogP contribution is -2.45. The number of aliphatic hydroxyl groups is 1. The fraction of sp³-hybridized carbons (Fsp3) is 0.629. The molecule has 0 radical (unpaired) electrons. The first kappa shape index (κ1) is 41.9. The highest BCUT2D eigenvalue weighted by Gasteiger charge is 2.22. The van der Waals surface area contributed by atoms with Gasteiger partial charge in [0.15, 0.2) is 0 Å². The highest BCUT2D eigenvalue weighted by Crippen LogP contribution is 2.38. The Kier molecular flexibility index (Phi) is 26.0. The predicted molar refractivity (Wildman–Crippen MR) is 182 cm³/mol. The number of nitrogens with one attached hydrogen (secondary N) is 1. The molecule has 0 aromatic rings. The second-order valence-electron chi connectivity index (χ2n) is 11.8. The number of carbonyl (C=O) groups is 1. The third-order valence-electron chi connectivity index (χ3n) is 6.45. The van der Waals surface area contributed by atoms with E-state index in [1.807, 2.05) is 39.4 Å². The lowest BCUT2D eigenvalue weighted by atomic mass is 10.1. The number of allylic oxidation sites excluding steroid dienone is 10. The minimum atomic E-state index is -4.60. The average Bonchev–Trinajstić information content (AvgIpc) is 2.95. The van der Waals surface area contributed by atoms with Gasteiger partial charge in [-0.05, 0) is 44.9 Å². The fourth-order valence-corrected chi connectivity index (χ4v) is 4.53. The molecular formula is C35H61N2O6P. The van der Waals surface area contributed by atoms with Crippen LogP contribution in [-0.4, -0.2) is 68.5 Å². The van der Waals surface area contributed by atoms with Crippen LogP contribution in [0.4, 0.5) is 0 Å². The molecule has 252 valence electrons. The van der Waals surface area contributed by atoms with Crippen LogP contribution in [0.3, 0.4) is 0 Å². The molecule has 0 spiro atoms. The van der Waals surface area contributed by atoms with Crippen LogP contribution >= 0.6 is 7.82 Å². The van der Waals surface area contributed by atoms with E-state index >= 15 is 0 Å². The van der Waals surface area contributed by atoms with Gasteiger partial charge in [0, 0.05) is 6.42 Å². The Hall–Kier alpha value is -2.06. The Morgan fingerprint density at radius 2 is 1.36 bits per heavy atom. The van der Waals surface area contributed by atoms with E-state index in [1.165, 1.54) is 19.3 Å². The smallest absolute Gasteiger partial charge is 0.268 e. The van der Waals surface area contributed by atoms with Crippen LogP contribution in [0.5, 0.6) is 0 Å². The van der Waals surface area contributed by atoms with Crippen LogP contribution in [0, 0.1) is 0 Å². The first-order chi connectivity index (χ1) is 21.0. The van der Waals surface area contributed by atoms with Crippen molar-refractivity contribution in [3.63, 3.8) is 0 Å². The maximum Gasteiger partial charge on any atom is 0.268 e. The fourth-order valence-electron chi connectivity index (χ4n) is 3.80. The van der Waals surface area contributed by atoms with E-state index in [-0.39, 0.29) is 18.9 Å². The van der Waals surface area contributed by atoms with E-state index in [9.17, 15) is 19.4 Å². The zero-order chi connectivity index (χ0) is 32.9. The summed E-state index contributed by atoms with van der Waals surface area (Å²) >= 11 is 0. The molecule has 0 rings (SSSR count). The van der Waals surface area contributed by atoms with Crippen LogP contribution in [-0.2, 0) is 18.4 Å². The summed E-state index contributed by atoms with van der Waals surface area (Å²) in [6, 6.07) is -0.939. The summed E-state index contributed by atoms with van der Waals surface area (Å²) in [5.74, 6) is -0.335. The van der Waals surface area contributed by atoms with Gasteiger partial charge in [-0.3, -0.25) is 9.36 Å². The molecule has 3 atom stereocenters. The van der Waals surface area contributed by atoms with E-state index in [0.717, 1.165) is 44.9 Å². The molecule has 0 bridgehead atoms. The molecule has 8 nitrogen and oxygen atoms in total. The van der Waals surface area contributed by atoms with Crippen molar-refractivity contribution in [3.05, 3.63) is 72.9 Å². The molecular weight excluding hydrogens is 575 g/mol. The quantitative estimate of drug-likeness (QED) is 0.0431. The van der Waals surface area contributed by atoms with Crippen molar-refractivity contribution >= 4 is 13.7 Å². The minimum Gasteiger partial charge on any atom is -0.756 e. The normalized spacial score (nSPS) is 15.9. The molecule has 0 saturated carbocycles. The Morgan fingerprint density at radius 1 is 0.818 bits per heavy atom. The van der Waals surface area contributed by atoms with Crippen molar-refractivity contribution in [1.82, 2.24) is 5.32 Å². The summed E-state index contributed by atoms with van der Waals surface area (Å²) in [6.07, 6.45) is 34.2. The zero-order valence-corrected chi connectivity index (χ0v) is 29.0. The molecule has 0 aliphatic heterocycles. The Labute approximate surface area is 268 Å². The molecule has 0 heterocycles. The van der Waals surface area contributed by atoms with Crippen molar-refractivity contribution in [2.45, 2.75) is 103 Å². The van der Waals surface area contributed by atoms with E-state index in [2.05, 4.69) is 61.7 Å². The molecule has 0 aromatic carbocycles. The van der Waals surface area contributed by atoms with Crippen LogP contribution in [0.15, 0.2) is 72.9 Å². The third-order valence-corrected chi connectivity index (χ3v) is 7.42. The summed E-state index contributed by atoms with van der Waals surface area (Å²) in [7, 11) is 1.18. The molecule has 44 heavy (non-hydrogen) atoms. The van der Waals surface area contributed by atoms with Crippen molar-refractivity contribution < 1.29 is 32.9 Å². The van der Waals surface area contributed by atoms with E-state index in [4.69, 9.17) is 9.05 Å². The number of phosphoric ester groups is 1. The number of amides is 1. The summed E-state index contributed by atoms with van der Waals surface area (Å²) in [4.78, 5) is 24.9. The number of carbonyl (C=O) groups excluding carboxylic acids is 1. The molecule has 0 aromatic heterocycles. The minimum absolute atomic E-state index is 0.0220. The molecule has 0 aliphatic carbocycles. The van der Waals surface area contributed by atoms with Gasteiger partial charge in [-0.2, -0.15) is 0 Å². The van der Waals surface area contributed by atoms with E-state index < -0.39 is 26.6 Å². The molecule has 0 saturated heterocycles. The average molecular weight is 637 g/mol. The van der Waals surface area contributed by atoms with Gasteiger partial charge < -0.3 is 28.8 Å². The maximum atomic E-state index is 12.6. The van der Waals surface area contributed by atoms with Crippen LogP contribution < -0.4 is 10.2 Å². The topological polar surface area (TPSA) is 108 Å². The number of nitrogens with zero attached hydrogens (tertiary/aromatic N) is 1. The van der Waals surface area contributed by atoms with Gasteiger partial charge in [0.05, 0.1) is 39.9 Å². The zero-order valence-electron chi connectivity index (χ0n) is 28.1. The van der Waals surface area contributed by atoms with Gasteiger partial charge in [0.1, 0.15) is 13.2 Å². The third kappa shape index (κ3) is 28.7. The van der Waals surface area contributed by atoms with Crippen LogP contribution in [0.2, 0.25) is 0 Å². The van der Waals surface area contributed by atoms with E-state index in [0.29, 0.717) is 17.4 Å².